The predicted octanol–water partition coefficient (Wildman–Crippen LogP) is 5.30. The number of nitrogens with zero attached hydrogens (tertiary/aromatic N) is 1. The third-order valence-electron chi connectivity index (χ3n) is 4.53. The number of carbonyl (C=O) groups excluding carboxylic acids is 1. The summed E-state index contributed by atoms with van der Waals surface area (Å²) in [6.07, 6.45) is 0. The van der Waals surface area contributed by atoms with Gasteiger partial charge in [0.05, 0.1) is 0 Å². The number of amides is 1. The minimum atomic E-state index is -4.11. The standard InChI is InChI=1S/C23H21ClFNO4S/c1-16(2)26(23(27)18-6-8-19(24)9-7-18)15-17-4-3-5-21(14-17)30-31(28,29)22-12-10-20(25)11-13-22/h3-14,16H,15H2,1-2H3. The lowest BCUT2D eigenvalue weighted by atomic mass is 10.1. The molecule has 31 heavy (non-hydrogen) atoms. The minimum Gasteiger partial charge on any atom is -0.379 e. The fraction of sp³-hybridized carbons (Fsp3) is 0.174. The van der Waals surface area contributed by atoms with Crippen LogP contribution in [0.15, 0.2) is 77.7 Å². The number of rotatable bonds is 7. The number of hydrogen-bond acceptors (Lipinski definition) is 4. The van der Waals surface area contributed by atoms with Crippen LogP contribution < -0.4 is 4.18 Å². The van der Waals surface area contributed by atoms with Gasteiger partial charge in [0.1, 0.15) is 16.5 Å². The fourth-order valence-electron chi connectivity index (χ4n) is 2.92. The maximum absolute atomic E-state index is 13.1. The molecule has 0 heterocycles. The average molecular weight is 462 g/mol. The molecular formula is C23H21ClFNO4S. The Morgan fingerprint density at radius 3 is 2.29 bits per heavy atom. The monoisotopic (exact) mass is 461 g/mol. The third-order valence-corrected chi connectivity index (χ3v) is 6.05. The van der Waals surface area contributed by atoms with Crippen molar-refractivity contribution in [2.45, 2.75) is 31.3 Å². The smallest absolute Gasteiger partial charge is 0.339 e. The first-order chi connectivity index (χ1) is 14.7. The van der Waals surface area contributed by atoms with Crippen molar-refractivity contribution in [3.8, 4) is 5.75 Å². The van der Waals surface area contributed by atoms with Gasteiger partial charge in [-0.1, -0.05) is 23.7 Å². The van der Waals surface area contributed by atoms with E-state index in [4.69, 9.17) is 15.8 Å². The maximum Gasteiger partial charge on any atom is 0.339 e. The van der Waals surface area contributed by atoms with Gasteiger partial charge in [-0.2, -0.15) is 8.42 Å². The van der Waals surface area contributed by atoms with Crippen LogP contribution in [0, 0.1) is 5.82 Å². The van der Waals surface area contributed by atoms with Crippen molar-refractivity contribution < 1.29 is 21.8 Å². The van der Waals surface area contributed by atoms with E-state index in [-0.39, 0.29) is 29.1 Å². The van der Waals surface area contributed by atoms with Gasteiger partial charge >= 0.3 is 10.1 Å². The van der Waals surface area contributed by atoms with Crippen LogP contribution in [0.4, 0.5) is 4.39 Å². The summed E-state index contributed by atoms with van der Waals surface area (Å²) in [5.41, 5.74) is 1.20. The number of carbonyl (C=O) groups is 1. The highest BCUT2D eigenvalue weighted by Crippen LogP contribution is 2.22. The summed E-state index contributed by atoms with van der Waals surface area (Å²) in [7, 11) is -4.11. The largest absolute Gasteiger partial charge is 0.379 e. The normalized spacial score (nSPS) is 11.4. The topological polar surface area (TPSA) is 63.7 Å². The molecule has 1 amide bonds. The highest BCUT2D eigenvalue weighted by molar-refractivity contribution is 7.87. The maximum atomic E-state index is 13.1. The van der Waals surface area contributed by atoms with Crippen LogP contribution in [-0.4, -0.2) is 25.3 Å². The molecule has 0 N–H and O–H groups in total. The quantitative estimate of drug-likeness (QED) is 0.448. The van der Waals surface area contributed by atoms with Gasteiger partial charge in [0.2, 0.25) is 0 Å². The molecule has 3 rings (SSSR count). The van der Waals surface area contributed by atoms with Crippen molar-refractivity contribution in [1.82, 2.24) is 4.90 Å². The van der Waals surface area contributed by atoms with Crippen LogP contribution in [0.2, 0.25) is 5.02 Å². The molecule has 0 spiro atoms. The summed E-state index contributed by atoms with van der Waals surface area (Å²) < 4.78 is 43.2. The zero-order chi connectivity index (χ0) is 22.6. The highest BCUT2D eigenvalue weighted by atomic mass is 35.5. The van der Waals surface area contributed by atoms with Crippen molar-refractivity contribution in [3.05, 3.63) is 94.8 Å². The lowest BCUT2D eigenvalue weighted by Gasteiger charge is -2.27. The Labute approximate surface area is 186 Å². The van der Waals surface area contributed by atoms with E-state index >= 15 is 0 Å². The molecule has 0 saturated carbocycles. The summed E-state index contributed by atoms with van der Waals surface area (Å²) in [6, 6.07) is 17.4. The van der Waals surface area contributed by atoms with Gasteiger partial charge in [-0.15, -0.1) is 0 Å². The molecule has 0 aliphatic carbocycles. The average Bonchev–Trinajstić information content (AvgIpc) is 2.72. The number of hydrogen-bond donors (Lipinski definition) is 0. The Morgan fingerprint density at radius 2 is 1.68 bits per heavy atom. The van der Waals surface area contributed by atoms with E-state index in [1.165, 1.54) is 6.07 Å². The molecule has 0 aromatic heterocycles. The summed E-state index contributed by atoms with van der Waals surface area (Å²) in [5, 5.41) is 0.542. The van der Waals surface area contributed by atoms with Crippen molar-refractivity contribution in [2.75, 3.05) is 0 Å². The van der Waals surface area contributed by atoms with Crippen LogP contribution in [0.3, 0.4) is 0 Å². The van der Waals surface area contributed by atoms with Crippen molar-refractivity contribution >= 4 is 27.6 Å². The van der Waals surface area contributed by atoms with E-state index in [9.17, 15) is 17.6 Å². The lowest BCUT2D eigenvalue weighted by molar-refractivity contribution is 0.0690. The SMILES string of the molecule is CC(C)N(Cc1cccc(OS(=O)(=O)c2ccc(F)cc2)c1)C(=O)c1ccc(Cl)cc1. The van der Waals surface area contributed by atoms with Crippen LogP contribution in [-0.2, 0) is 16.7 Å². The number of halogens is 2. The van der Waals surface area contributed by atoms with Gasteiger partial charge in [-0.05, 0) is 80.1 Å². The minimum absolute atomic E-state index is 0.101. The predicted molar refractivity (Wildman–Crippen MR) is 117 cm³/mol. The Morgan fingerprint density at radius 1 is 1.03 bits per heavy atom. The zero-order valence-electron chi connectivity index (χ0n) is 17.0. The second-order valence-corrected chi connectivity index (χ2v) is 9.16. The first kappa shape index (κ1) is 22.8. The van der Waals surface area contributed by atoms with E-state index in [1.54, 1.807) is 47.4 Å². The molecule has 0 aliphatic rings. The van der Waals surface area contributed by atoms with Crippen LogP contribution in [0.5, 0.6) is 5.75 Å². The van der Waals surface area contributed by atoms with Gasteiger partial charge in [0, 0.05) is 23.2 Å². The Balaban J connectivity index is 1.80. The highest BCUT2D eigenvalue weighted by Gasteiger charge is 2.21. The van der Waals surface area contributed by atoms with Crippen molar-refractivity contribution in [3.63, 3.8) is 0 Å². The zero-order valence-corrected chi connectivity index (χ0v) is 18.5. The molecule has 0 fully saturated rings. The van der Waals surface area contributed by atoms with Crippen LogP contribution in [0.25, 0.3) is 0 Å². The first-order valence-electron chi connectivity index (χ1n) is 9.51. The van der Waals surface area contributed by atoms with E-state index in [2.05, 4.69) is 0 Å². The van der Waals surface area contributed by atoms with Gasteiger partial charge < -0.3 is 9.08 Å². The van der Waals surface area contributed by atoms with Crippen molar-refractivity contribution in [2.24, 2.45) is 0 Å². The van der Waals surface area contributed by atoms with Crippen LogP contribution >= 0.6 is 11.6 Å². The molecule has 0 atom stereocenters. The Kier molecular flexibility index (Phi) is 6.97. The molecule has 5 nitrogen and oxygen atoms in total. The molecular weight excluding hydrogens is 441 g/mol. The molecule has 3 aromatic carbocycles. The summed E-state index contributed by atoms with van der Waals surface area (Å²) in [5.74, 6) is -0.610. The van der Waals surface area contributed by atoms with Gasteiger partial charge in [0.25, 0.3) is 5.91 Å². The van der Waals surface area contributed by atoms with Crippen LogP contribution in [0.1, 0.15) is 29.8 Å². The summed E-state index contributed by atoms with van der Waals surface area (Å²) in [6.45, 7) is 4.05. The molecule has 3 aromatic rings. The van der Waals surface area contributed by atoms with Gasteiger partial charge in [-0.3, -0.25) is 4.79 Å². The van der Waals surface area contributed by atoms with E-state index in [0.29, 0.717) is 16.1 Å². The van der Waals surface area contributed by atoms with Gasteiger partial charge in [-0.25, -0.2) is 4.39 Å². The first-order valence-corrected chi connectivity index (χ1v) is 11.3. The van der Waals surface area contributed by atoms with E-state index < -0.39 is 15.9 Å². The second kappa shape index (κ2) is 9.49. The van der Waals surface area contributed by atoms with Gasteiger partial charge in [0.15, 0.2) is 0 Å². The molecule has 0 radical (unpaired) electrons. The van der Waals surface area contributed by atoms with E-state index in [0.717, 1.165) is 24.3 Å². The van der Waals surface area contributed by atoms with E-state index in [1.807, 2.05) is 13.8 Å². The number of benzene rings is 3. The molecule has 162 valence electrons. The third kappa shape index (κ3) is 5.83. The Bertz CT molecular complexity index is 1160. The molecule has 0 unspecified atom stereocenters. The lowest BCUT2D eigenvalue weighted by Crippen LogP contribution is -2.36. The molecule has 0 bridgehead atoms. The molecule has 8 heteroatoms. The fourth-order valence-corrected chi connectivity index (χ4v) is 3.96. The summed E-state index contributed by atoms with van der Waals surface area (Å²) in [4.78, 5) is 14.5. The molecule has 0 aliphatic heterocycles. The Hall–Kier alpha value is -2.90. The second-order valence-electron chi connectivity index (χ2n) is 7.17. The molecule has 0 saturated heterocycles. The van der Waals surface area contributed by atoms with Crippen molar-refractivity contribution in [1.29, 1.82) is 0 Å². The summed E-state index contributed by atoms with van der Waals surface area (Å²) >= 11 is 5.90.